The molecular weight excluding hydrogens is 424 g/mol. The molecular formula is C24H30N4OS2. The number of thiophene rings is 1. The zero-order valence-electron chi connectivity index (χ0n) is 17.9. The van der Waals surface area contributed by atoms with E-state index in [4.69, 9.17) is 9.84 Å². The lowest BCUT2D eigenvalue weighted by atomic mass is 9.95. The van der Waals surface area contributed by atoms with Gasteiger partial charge in [0.2, 0.25) is 0 Å². The van der Waals surface area contributed by atoms with Crippen LogP contribution in [0.1, 0.15) is 48.6 Å². The number of likely N-dealkylation sites (tertiary alicyclic amines) is 1. The van der Waals surface area contributed by atoms with Crippen LogP contribution in [0.15, 0.2) is 52.3 Å². The summed E-state index contributed by atoms with van der Waals surface area (Å²) in [4.78, 5) is 2.57. The van der Waals surface area contributed by atoms with Crippen LogP contribution in [0.2, 0.25) is 0 Å². The van der Waals surface area contributed by atoms with Crippen molar-refractivity contribution in [1.82, 2.24) is 19.7 Å². The summed E-state index contributed by atoms with van der Waals surface area (Å²) in [5, 5.41) is 14.8. The highest BCUT2D eigenvalue weighted by Crippen LogP contribution is 2.31. The molecule has 0 spiro atoms. The van der Waals surface area contributed by atoms with Crippen LogP contribution in [0, 0.1) is 0 Å². The fourth-order valence-electron chi connectivity index (χ4n) is 4.56. The quantitative estimate of drug-likeness (QED) is 0.446. The van der Waals surface area contributed by atoms with Crippen molar-refractivity contribution in [1.29, 1.82) is 0 Å². The first-order valence-electron chi connectivity index (χ1n) is 11.3. The van der Waals surface area contributed by atoms with Crippen molar-refractivity contribution in [2.45, 2.75) is 56.0 Å². The van der Waals surface area contributed by atoms with E-state index in [1.807, 2.05) is 0 Å². The standard InChI is InChI=1S/C24H30N4OS2/c1-2-5-19(6-3-1)16-28-23(25-26-24(28)31-18-22-7-4-13-29-22)21-8-11-27(12-9-21)15-20-10-14-30-17-20/h1-3,5-6,10,14,17,21-22H,4,7-9,11-13,15-16,18H2. The van der Waals surface area contributed by atoms with Gasteiger partial charge in [0.1, 0.15) is 5.82 Å². The van der Waals surface area contributed by atoms with Crippen LogP contribution < -0.4 is 0 Å². The van der Waals surface area contributed by atoms with E-state index in [0.717, 1.165) is 68.8 Å². The summed E-state index contributed by atoms with van der Waals surface area (Å²) in [6, 6.07) is 12.9. The molecule has 2 fully saturated rings. The van der Waals surface area contributed by atoms with E-state index >= 15 is 0 Å². The van der Waals surface area contributed by atoms with E-state index in [0.29, 0.717) is 12.0 Å². The van der Waals surface area contributed by atoms with Crippen LogP contribution in [-0.4, -0.2) is 51.2 Å². The Morgan fingerprint density at radius 2 is 1.87 bits per heavy atom. The lowest BCUT2D eigenvalue weighted by molar-refractivity contribution is 0.129. The third-order valence-corrected chi connectivity index (χ3v) is 8.12. The predicted molar refractivity (Wildman–Crippen MR) is 127 cm³/mol. The minimum Gasteiger partial charge on any atom is -0.377 e. The molecule has 7 heteroatoms. The van der Waals surface area contributed by atoms with Crippen molar-refractivity contribution in [2.24, 2.45) is 0 Å². The van der Waals surface area contributed by atoms with Gasteiger partial charge in [-0.15, -0.1) is 10.2 Å². The Morgan fingerprint density at radius 3 is 2.61 bits per heavy atom. The maximum absolute atomic E-state index is 5.83. The van der Waals surface area contributed by atoms with Crippen LogP contribution in [-0.2, 0) is 17.8 Å². The second kappa shape index (κ2) is 10.3. The summed E-state index contributed by atoms with van der Waals surface area (Å²) >= 11 is 3.59. The lowest BCUT2D eigenvalue weighted by Crippen LogP contribution is -2.33. The number of benzene rings is 1. The van der Waals surface area contributed by atoms with Crippen molar-refractivity contribution in [2.75, 3.05) is 25.4 Å². The minimum atomic E-state index is 0.357. The first-order valence-corrected chi connectivity index (χ1v) is 13.2. The molecule has 2 aliphatic heterocycles. The molecule has 5 nitrogen and oxygen atoms in total. The maximum Gasteiger partial charge on any atom is 0.191 e. The largest absolute Gasteiger partial charge is 0.377 e. The Balaban J connectivity index is 1.29. The van der Waals surface area contributed by atoms with Gasteiger partial charge in [-0.25, -0.2) is 0 Å². The molecule has 164 valence electrons. The molecule has 2 saturated heterocycles. The molecule has 0 radical (unpaired) electrons. The number of nitrogens with zero attached hydrogens (tertiary/aromatic N) is 4. The molecule has 5 rings (SSSR count). The number of piperidine rings is 1. The fourth-order valence-corrected chi connectivity index (χ4v) is 6.23. The molecule has 4 heterocycles. The molecule has 0 amide bonds. The van der Waals surface area contributed by atoms with E-state index < -0.39 is 0 Å². The van der Waals surface area contributed by atoms with Crippen LogP contribution in [0.5, 0.6) is 0 Å². The Kier molecular flexibility index (Phi) is 7.04. The number of ether oxygens (including phenoxy) is 1. The van der Waals surface area contributed by atoms with E-state index in [9.17, 15) is 0 Å². The van der Waals surface area contributed by atoms with Gasteiger partial charge < -0.3 is 9.30 Å². The number of rotatable bonds is 8. The van der Waals surface area contributed by atoms with Crippen molar-refractivity contribution in [3.05, 3.63) is 64.1 Å². The monoisotopic (exact) mass is 454 g/mol. The predicted octanol–water partition coefficient (Wildman–Crippen LogP) is 5.04. The normalized spacial score (nSPS) is 20.5. The number of hydrogen-bond donors (Lipinski definition) is 0. The highest BCUT2D eigenvalue weighted by Gasteiger charge is 2.27. The van der Waals surface area contributed by atoms with E-state index in [1.165, 1.54) is 17.5 Å². The Bertz CT molecular complexity index is 930. The van der Waals surface area contributed by atoms with Gasteiger partial charge in [0.05, 0.1) is 12.6 Å². The van der Waals surface area contributed by atoms with Crippen LogP contribution in [0.3, 0.4) is 0 Å². The second-order valence-corrected chi connectivity index (χ2v) is 10.3. The summed E-state index contributed by atoms with van der Waals surface area (Å²) < 4.78 is 8.20. The van der Waals surface area contributed by atoms with Crippen LogP contribution >= 0.6 is 23.1 Å². The molecule has 0 aliphatic carbocycles. The molecule has 31 heavy (non-hydrogen) atoms. The molecule has 1 unspecified atom stereocenters. The Hall–Kier alpha value is -1.67. The number of aromatic nitrogens is 3. The fraction of sp³-hybridized carbons (Fsp3) is 0.500. The maximum atomic E-state index is 5.83. The van der Waals surface area contributed by atoms with Gasteiger partial charge in [-0.2, -0.15) is 11.3 Å². The van der Waals surface area contributed by atoms with Gasteiger partial charge in [0.15, 0.2) is 5.16 Å². The van der Waals surface area contributed by atoms with Gasteiger partial charge in [-0.1, -0.05) is 42.1 Å². The van der Waals surface area contributed by atoms with Gasteiger partial charge in [-0.05, 0) is 66.7 Å². The Morgan fingerprint density at radius 1 is 1.00 bits per heavy atom. The zero-order valence-corrected chi connectivity index (χ0v) is 19.5. The number of hydrogen-bond acceptors (Lipinski definition) is 6. The molecule has 1 aromatic carbocycles. The van der Waals surface area contributed by atoms with Crippen molar-refractivity contribution in [3.63, 3.8) is 0 Å². The molecule has 0 saturated carbocycles. The molecule has 2 aliphatic rings. The molecule has 0 N–H and O–H groups in total. The SMILES string of the molecule is c1ccc(Cn2c(SCC3CCCO3)nnc2C2CCN(Cc3ccsc3)CC2)cc1. The first kappa shape index (κ1) is 21.2. The van der Waals surface area contributed by atoms with Crippen LogP contribution in [0.4, 0.5) is 0 Å². The molecule has 1 atom stereocenters. The van der Waals surface area contributed by atoms with Gasteiger partial charge in [0, 0.05) is 24.8 Å². The minimum absolute atomic E-state index is 0.357. The average molecular weight is 455 g/mol. The van der Waals surface area contributed by atoms with E-state index in [1.54, 1.807) is 23.1 Å². The summed E-state index contributed by atoms with van der Waals surface area (Å²) in [5.41, 5.74) is 2.74. The average Bonchev–Trinajstić information content (AvgIpc) is 3.57. The number of thioether (sulfide) groups is 1. The third-order valence-electron chi connectivity index (χ3n) is 6.29. The van der Waals surface area contributed by atoms with Crippen molar-refractivity contribution in [3.8, 4) is 0 Å². The second-order valence-electron chi connectivity index (χ2n) is 8.54. The summed E-state index contributed by atoms with van der Waals surface area (Å²) in [7, 11) is 0. The van der Waals surface area contributed by atoms with Crippen LogP contribution in [0.25, 0.3) is 0 Å². The highest BCUT2D eigenvalue weighted by atomic mass is 32.2. The van der Waals surface area contributed by atoms with E-state index in [2.05, 4.69) is 61.7 Å². The molecule has 3 aromatic rings. The smallest absolute Gasteiger partial charge is 0.191 e. The first-order chi connectivity index (χ1) is 15.3. The summed E-state index contributed by atoms with van der Waals surface area (Å²) in [6.07, 6.45) is 4.99. The zero-order chi connectivity index (χ0) is 20.9. The van der Waals surface area contributed by atoms with E-state index in [-0.39, 0.29) is 0 Å². The Labute approximate surface area is 192 Å². The highest BCUT2D eigenvalue weighted by molar-refractivity contribution is 7.99. The van der Waals surface area contributed by atoms with Crippen molar-refractivity contribution >= 4 is 23.1 Å². The topological polar surface area (TPSA) is 43.2 Å². The molecule has 2 aromatic heterocycles. The summed E-state index contributed by atoms with van der Waals surface area (Å²) in [5.74, 6) is 2.60. The van der Waals surface area contributed by atoms with Gasteiger partial charge in [-0.3, -0.25) is 4.90 Å². The lowest BCUT2D eigenvalue weighted by Gasteiger charge is -2.31. The van der Waals surface area contributed by atoms with Gasteiger partial charge >= 0.3 is 0 Å². The third kappa shape index (κ3) is 5.40. The van der Waals surface area contributed by atoms with Gasteiger partial charge in [0.25, 0.3) is 0 Å². The summed E-state index contributed by atoms with van der Waals surface area (Å²) in [6.45, 7) is 5.05. The van der Waals surface area contributed by atoms with Crippen molar-refractivity contribution < 1.29 is 4.74 Å². The molecule has 0 bridgehead atoms.